The van der Waals surface area contributed by atoms with Crippen molar-refractivity contribution in [3.8, 4) is 11.8 Å². The highest BCUT2D eigenvalue weighted by molar-refractivity contribution is 5.77. The van der Waals surface area contributed by atoms with Gasteiger partial charge in [0, 0.05) is 5.56 Å². The van der Waals surface area contributed by atoms with Gasteiger partial charge in [0.25, 0.3) is 0 Å². The molecule has 3 N–H and O–H groups in total. The Balaban J connectivity index is 2.48. The van der Waals surface area contributed by atoms with E-state index in [1.807, 2.05) is 12.1 Å². The molecule has 3 nitrogen and oxygen atoms in total. The van der Waals surface area contributed by atoms with Crippen LogP contribution in [0.5, 0.6) is 0 Å². The molecule has 0 unspecified atom stereocenters. The first kappa shape index (κ1) is 14.3. The summed E-state index contributed by atoms with van der Waals surface area (Å²) in [5.74, 6) is 6.37. The monoisotopic (exact) mass is 244 g/mol. The average molecular weight is 244 g/mol. The minimum absolute atomic E-state index is 0.00553. The molecular weight excluding hydrogens is 224 g/mol. The Bertz CT molecular complexity index is 438. The van der Waals surface area contributed by atoms with E-state index in [9.17, 15) is 4.79 Å². The summed E-state index contributed by atoms with van der Waals surface area (Å²) in [7, 11) is 0. The van der Waals surface area contributed by atoms with Gasteiger partial charge in [-0.1, -0.05) is 37.8 Å². The van der Waals surface area contributed by atoms with Crippen molar-refractivity contribution in [3.63, 3.8) is 0 Å². The summed E-state index contributed by atoms with van der Waals surface area (Å²) >= 11 is 0. The van der Waals surface area contributed by atoms with Gasteiger partial charge in [0.2, 0.25) is 5.91 Å². The second-order valence-corrected chi connectivity index (χ2v) is 4.58. The highest BCUT2D eigenvalue weighted by atomic mass is 16.1. The first-order valence-corrected chi connectivity index (χ1v) is 6.16. The fraction of sp³-hybridized carbons (Fsp3) is 0.400. The molecule has 18 heavy (non-hydrogen) atoms. The van der Waals surface area contributed by atoms with Crippen LogP contribution in [0.25, 0.3) is 0 Å². The largest absolute Gasteiger partial charge is 0.344 e. The lowest BCUT2D eigenvalue weighted by Gasteiger charge is -2.04. The molecule has 0 saturated carbocycles. The topological polar surface area (TPSA) is 55.1 Å². The fourth-order valence-corrected chi connectivity index (χ4v) is 1.56. The predicted octanol–water partition coefficient (Wildman–Crippen LogP) is 1.31. The molecule has 0 spiro atoms. The molecule has 0 saturated heterocycles. The highest BCUT2D eigenvalue weighted by Gasteiger charge is 1.97. The lowest BCUT2D eigenvalue weighted by molar-refractivity contribution is -0.119. The van der Waals surface area contributed by atoms with Crippen molar-refractivity contribution in [2.75, 3.05) is 13.1 Å². The molecular formula is C15H20N2O. The number of benzene rings is 1. The Hall–Kier alpha value is -1.79. The third kappa shape index (κ3) is 5.51. The van der Waals surface area contributed by atoms with Gasteiger partial charge in [-0.05, 0) is 30.0 Å². The predicted molar refractivity (Wildman–Crippen MR) is 73.9 cm³/mol. The second-order valence-electron chi connectivity index (χ2n) is 4.58. The third-order valence-electron chi connectivity index (χ3n) is 2.39. The van der Waals surface area contributed by atoms with E-state index in [0.717, 1.165) is 12.0 Å². The maximum atomic E-state index is 10.9. The van der Waals surface area contributed by atoms with Gasteiger partial charge in [-0.25, -0.2) is 0 Å². The number of nitrogens with two attached hydrogens (primary N) is 1. The molecule has 0 atom stereocenters. The lowest BCUT2D eigenvalue weighted by Crippen LogP contribution is -2.30. The number of carbonyl (C=O) groups is 1. The Morgan fingerprint density at radius 1 is 1.33 bits per heavy atom. The Morgan fingerprint density at radius 2 is 2.00 bits per heavy atom. The number of rotatable bonds is 4. The molecule has 0 bridgehead atoms. The van der Waals surface area contributed by atoms with Crippen LogP contribution in [0.2, 0.25) is 0 Å². The van der Waals surface area contributed by atoms with E-state index in [-0.39, 0.29) is 12.5 Å². The van der Waals surface area contributed by atoms with Crippen LogP contribution >= 0.6 is 0 Å². The lowest BCUT2D eigenvalue weighted by atomic mass is 10.0. The Labute approximate surface area is 109 Å². The molecule has 1 aromatic carbocycles. The van der Waals surface area contributed by atoms with Crippen molar-refractivity contribution in [3.05, 3.63) is 35.4 Å². The summed E-state index contributed by atoms with van der Waals surface area (Å²) in [6.45, 7) is 4.75. The van der Waals surface area contributed by atoms with Gasteiger partial charge in [0.1, 0.15) is 0 Å². The van der Waals surface area contributed by atoms with Crippen molar-refractivity contribution in [1.29, 1.82) is 0 Å². The average Bonchev–Trinajstić information content (AvgIpc) is 2.35. The summed E-state index contributed by atoms with van der Waals surface area (Å²) < 4.78 is 0. The standard InChI is InChI=1S/C15H20N2O/c1-12(2)10-14-7-5-13(6-8-14)4-3-9-17-15(18)11-16/h5-8,12H,9-11,16H2,1-2H3,(H,17,18). The maximum Gasteiger partial charge on any atom is 0.234 e. The summed E-state index contributed by atoms with van der Waals surface area (Å²) in [4.78, 5) is 10.9. The summed E-state index contributed by atoms with van der Waals surface area (Å²) in [6.07, 6.45) is 1.08. The zero-order valence-corrected chi connectivity index (χ0v) is 11.0. The highest BCUT2D eigenvalue weighted by Crippen LogP contribution is 2.08. The SMILES string of the molecule is CC(C)Cc1ccc(C#CCNC(=O)CN)cc1. The van der Waals surface area contributed by atoms with E-state index < -0.39 is 0 Å². The molecule has 0 fully saturated rings. The molecule has 96 valence electrons. The van der Waals surface area contributed by atoms with Crippen LogP contribution in [0, 0.1) is 17.8 Å². The zero-order chi connectivity index (χ0) is 13.4. The van der Waals surface area contributed by atoms with Crippen LogP contribution in [0.15, 0.2) is 24.3 Å². The molecule has 0 heterocycles. The van der Waals surface area contributed by atoms with Crippen LogP contribution in [-0.4, -0.2) is 19.0 Å². The van der Waals surface area contributed by atoms with Gasteiger partial charge in [-0.15, -0.1) is 0 Å². The molecule has 0 aliphatic rings. The molecule has 0 aliphatic carbocycles. The quantitative estimate of drug-likeness (QED) is 0.785. The summed E-state index contributed by atoms with van der Waals surface area (Å²) in [6, 6.07) is 8.22. The van der Waals surface area contributed by atoms with Crippen LogP contribution in [0.1, 0.15) is 25.0 Å². The molecule has 1 aromatic rings. The fourth-order valence-electron chi connectivity index (χ4n) is 1.56. The number of amides is 1. The van der Waals surface area contributed by atoms with Crippen molar-refractivity contribution >= 4 is 5.91 Å². The molecule has 0 radical (unpaired) electrons. The van der Waals surface area contributed by atoms with Crippen molar-refractivity contribution in [2.24, 2.45) is 11.7 Å². The summed E-state index contributed by atoms with van der Waals surface area (Å²) in [5.41, 5.74) is 7.45. The van der Waals surface area contributed by atoms with Crippen LogP contribution < -0.4 is 11.1 Å². The van der Waals surface area contributed by atoms with Crippen molar-refractivity contribution in [2.45, 2.75) is 20.3 Å². The van der Waals surface area contributed by atoms with E-state index >= 15 is 0 Å². The third-order valence-corrected chi connectivity index (χ3v) is 2.39. The van der Waals surface area contributed by atoms with E-state index in [2.05, 4.69) is 43.1 Å². The second kappa shape index (κ2) is 7.52. The first-order valence-electron chi connectivity index (χ1n) is 6.16. The molecule has 3 heteroatoms. The minimum Gasteiger partial charge on any atom is -0.344 e. The summed E-state index contributed by atoms with van der Waals surface area (Å²) in [5, 5.41) is 2.60. The van der Waals surface area contributed by atoms with Crippen molar-refractivity contribution < 1.29 is 4.79 Å². The van der Waals surface area contributed by atoms with Gasteiger partial charge in [0.15, 0.2) is 0 Å². The number of carbonyl (C=O) groups excluding carboxylic acids is 1. The normalized spacial score (nSPS) is 9.78. The van der Waals surface area contributed by atoms with Crippen molar-refractivity contribution in [1.82, 2.24) is 5.32 Å². The molecule has 1 amide bonds. The molecule has 1 rings (SSSR count). The Morgan fingerprint density at radius 3 is 2.56 bits per heavy atom. The van der Waals surface area contributed by atoms with Gasteiger partial charge in [-0.3, -0.25) is 4.79 Å². The smallest absolute Gasteiger partial charge is 0.234 e. The maximum absolute atomic E-state index is 10.9. The van der Waals surface area contributed by atoms with Gasteiger partial charge < -0.3 is 11.1 Å². The van der Waals surface area contributed by atoms with E-state index in [1.54, 1.807) is 0 Å². The van der Waals surface area contributed by atoms with E-state index in [4.69, 9.17) is 5.73 Å². The number of hydrogen-bond acceptors (Lipinski definition) is 2. The minimum atomic E-state index is -0.184. The zero-order valence-electron chi connectivity index (χ0n) is 11.0. The number of nitrogens with one attached hydrogen (secondary N) is 1. The number of hydrogen-bond donors (Lipinski definition) is 2. The van der Waals surface area contributed by atoms with E-state index in [1.165, 1.54) is 5.56 Å². The van der Waals surface area contributed by atoms with Crippen LogP contribution in [0.4, 0.5) is 0 Å². The van der Waals surface area contributed by atoms with Gasteiger partial charge >= 0.3 is 0 Å². The molecule has 0 aromatic heterocycles. The van der Waals surface area contributed by atoms with Gasteiger partial charge in [0.05, 0.1) is 13.1 Å². The van der Waals surface area contributed by atoms with Crippen LogP contribution in [-0.2, 0) is 11.2 Å². The van der Waals surface area contributed by atoms with E-state index in [0.29, 0.717) is 12.5 Å². The molecule has 0 aliphatic heterocycles. The first-order chi connectivity index (χ1) is 8.61. The van der Waals surface area contributed by atoms with Gasteiger partial charge in [-0.2, -0.15) is 0 Å². The Kier molecular flexibility index (Phi) is 5.96. The van der Waals surface area contributed by atoms with Crippen LogP contribution in [0.3, 0.4) is 0 Å².